The van der Waals surface area contributed by atoms with Gasteiger partial charge >= 0.3 is 0 Å². The molecule has 0 radical (unpaired) electrons. The summed E-state index contributed by atoms with van der Waals surface area (Å²) in [6.45, 7) is 4.42. The Labute approximate surface area is 160 Å². The van der Waals surface area contributed by atoms with Gasteiger partial charge in [0.1, 0.15) is 0 Å². The van der Waals surface area contributed by atoms with Crippen LogP contribution in [0.15, 0.2) is 91.7 Å². The summed E-state index contributed by atoms with van der Waals surface area (Å²) < 4.78 is 0. The molecule has 2 aliphatic rings. The fraction of sp³-hybridized carbons (Fsp3) is 0.0769. The van der Waals surface area contributed by atoms with Crippen molar-refractivity contribution in [1.82, 2.24) is 0 Å². The zero-order valence-corrected chi connectivity index (χ0v) is 15.4. The Morgan fingerprint density at radius 3 is 2.44 bits per heavy atom. The second kappa shape index (κ2) is 6.14. The highest BCUT2D eigenvalue weighted by Crippen LogP contribution is 2.44. The minimum absolute atomic E-state index is 0.977. The molecule has 0 N–H and O–H groups in total. The van der Waals surface area contributed by atoms with Gasteiger partial charge < -0.3 is 4.90 Å². The number of hydrogen-bond acceptors (Lipinski definition) is 1. The van der Waals surface area contributed by atoms with Gasteiger partial charge in [0.2, 0.25) is 0 Å². The molecule has 0 spiro atoms. The summed E-state index contributed by atoms with van der Waals surface area (Å²) in [5.41, 5.74) is 11.5. The maximum Gasteiger partial charge on any atom is 0.0486 e. The molecule has 0 saturated carbocycles. The van der Waals surface area contributed by atoms with Crippen LogP contribution in [0.4, 0.5) is 5.69 Å². The SMILES string of the molecule is C=C1/C=C\C(c2ccccc2)=C/N(C)c2ccc3c(c21)Cc1ccccc1-3. The molecule has 1 nitrogen and oxygen atoms in total. The van der Waals surface area contributed by atoms with Crippen molar-refractivity contribution in [3.05, 3.63) is 114 Å². The molecule has 130 valence electrons. The lowest BCUT2D eigenvalue weighted by Gasteiger charge is -2.25. The molecule has 0 atom stereocenters. The average Bonchev–Trinajstić information content (AvgIpc) is 3.08. The molecule has 3 aromatic carbocycles. The predicted octanol–water partition coefficient (Wildman–Crippen LogP) is 6.32. The number of fused-ring (bicyclic) bond motifs is 5. The average molecular weight is 347 g/mol. The lowest BCUT2D eigenvalue weighted by molar-refractivity contribution is 1.17. The Morgan fingerprint density at radius 1 is 0.815 bits per heavy atom. The summed E-state index contributed by atoms with van der Waals surface area (Å²) in [6.07, 6.45) is 7.53. The van der Waals surface area contributed by atoms with Crippen LogP contribution < -0.4 is 4.90 Å². The molecule has 0 saturated heterocycles. The largest absolute Gasteiger partial charge is 0.350 e. The predicted molar refractivity (Wildman–Crippen MR) is 116 cm³/mol. The Kier molecular flexibility index (Phi) is 3.61. The lowest BCUT2D eigenvalue weighted by atomic mass is 9.92. The Balaban J connectivity index is 1.67. The first-order valence-electron chi connectivity index (χ1n) is 9.34. The smallest absolute Gasteiger partial charge is 0.0486 e. The van der Waals surface area contributed by atoms with Crippen LogP contribution in [0.2, 0.25) is 0 Å². The Bertz CT molecular complexity index is 1120. The van der Waals surface area contributed by atoms with Gasteiger partial charge in [-0.25, -0.2) is 0 Å². The number of benzene rings is 3. The summed E-state index contributed by atoms with van der Waals surface area (Å²) in [7, 11) is 2.13. The molecule has 3 aromatic rings. The molecule has 0 aromatic heterocycles. The van der Waals surface area contributed by atoms with E-state index < -0.39 is 0 Å². The zero-order valence-electron chi connectivity index (χ0n) is 15.4. The third-order valence-corrected chi connectivity index (χ3v) is 5.57. The minimum Gasteiger partial charge on any atom is -0.350 e. The van der Waals surface area contributed by atoms with E-state index in [9.17, 15) is 0 Å². The van der Waals surface area contributed by atoms with Gasteiger partial charge in [-0.05, 0) is 51.5 Å². The quantitative estimate of drug-likeness (QED) is 0.389. The highest BCUT2D eigenvalue weighted by atomic mass is 15.1. The number of allylic oxidation sites excluding steroid dienone is 4. The van der Waals surface area contributed by atoms with Crippen molar-refractivity contribution in [2.75, 3.05) is 11.9 Å². The molecule has 0 unspecified atom stereocenters. The van der Waals surface area contributed by atoms with Crippen molar-refractivity contribution in [3.8, 4) is 11.1 Å². The van der Waals surface area contributed by atoms with Gasteiger partial charge in [0.05, 0.1) is 0 Å². The third kappa shape index (κ3) is 2.55. The zero-order chi connectivity index (χ0) is 18.4. The van der Waals surface area contributed by atoms with Crippen molar-refractivity contribution in [2.45, 2.75) is 6.42 Å². The van der Waals surface area contributed by atoms with E-state index in [4.69, 9.17) is 0 Å². The highest BCUT2D eigenvalue weighted by Gasteiger charge is 2.25. The first kappa shape index (κ1) is 15.9. The van der Waals surface area contributed by atoms with Gasteiger partial charge in [0, 0.05) is 24.5 Å². The second-order valence-electron chi connectivity index (χ2n) is 7.24. The van der Waals surface area contributed by atoms with Crippen molar-refractivity contribution in [3.63, 3.8) is 0 Å². The molecule has 0 amide bonds. The molecule has 27 heavy (non-hydrogen) atoms. The number of hydrogen-bond donors (Lipinski definition) is 0. The Hall–Kier alpha value is -3.32. The summed E-state index contributed by atoms with van der Waals surface area (Å²) in [6, 6.07) is 23.7. The van der Waals surface area contributed by atoms with E-state index in [1.807, 2.05) is 0 Å². The molecular formula is C26H21N. The van der Waals surface area contributed by atoms with E-state index in [1.54, 1.807) is 0 Å². The van der Waals surface area contributed by atoms with Crippen molar-refractivity contribution in [1.29, 1.82) is 0 Å². The van der Waals surface area contributed by atoms with Gasteiger partial charge in [0.15, 0.2) is 0 Å². The molecular weight excluding hydrogens is 326 g/mol. The van der Waals surface area contributed by atoms with Gasteiger partial charge in [-0.2, -0.15) is 0 Å². The number of rotatable bonds is 1. The summed E-state index contributed by atoms with van der Waals surface area (Å²) in [4.78, 5) is 2.23. The van der Waals surface area contributed by atoms with Crippen LogP contribution in [0, 0.1) is 0 Å². The van der Waals surface area contributed by atoms with E-state index in [1.165, 1.54) is 44.6 Å². The highest BCUT2D eigenvalue weighted by molar-refractivity contribution is 5.94. The maximum absolute atomic E-state index is 4.42. The van der Waals surface area contributed by atoms with Crippen LogP contribution in [0.25, 0.3) is 22.3 Å². The standard InChI is InChI=1S/C26H21N/c1-18-12-13-21(19-8-4-3-5-9-19)17-27(2)25-15-14-23-22-11-7-6-10-20(22)16-24(23)26(18)25/h3-15,17H,1,16H2,2H3/b13-12-,21-17+. The fourth-order valence-electron chi connectivity index (χ4n) is 4.25. The van der Waals surface area contributed by atoms with Crippen LogP contribution in [0.5, 0.6) is 0 Å². The minimum atomic E-state index is 0.977. The van der Waals surface area contributed by atoms with Crippen LogP contribution in [-0.4, -0.2) is 7.05 Å². The van der Waals surface area contributed by atoms with E-state index in [-0.39, 0.29) is 0 Å². The summed E-state index contributed by atoms with van der Waals surface area (Å²) in [5, 5.41) is 0. The molecule has 1 heterocycles. The number of nitrogens with zero attached hydrogens (tertiary/aromatic N) is 1. The van der Waals surface area contributed by atoms with Crippen LogP contribution >= 0.6 is 0 Å². The molecule has 1 aliphatic carbocycles. The first-order chi connectivity index (χ1) is 13.2. The molecule has 1 heteroatoms. The van der Waals surface area contributed by atoms with E-state index in [2.05, 4.69) is 104 Å². The second-order valence-corrected chi connectivity index (χ2v) is 7.24. The van der Waals surface area contributed by atoms with E-state index in [0.29, 0.717) is 0 Å². The van der Waals surface area contributed by atoms with Crippen LogP contribution in [0.3, 0.4) is 0 Å². The summed E-state index contributed by atoms with van der Waals surface area (Å²) in [5.74, 6) is 0. The van der Waals surface area contributed by atoms with Crippen LogP contribution in [0.1, 0.15) is 22.3 Å². The van der Waals surface area contributed by atoms with Crippen molar-refractivity contribution >= 4 is 16.8 Å². The van der Waals surface area contributed by atoms with Crippen molar-refractivity contribution in [2.24, 2.45) is 0 Å². The monoisotopic (exact) mass is 347 g/mol. The van der Waals surface area contributed by atoms with Gasteiger partial charge in [-0.1, -0.05) is 79.4 Å². The number of anilines is 1. The molecule has 5 rings (SSSR count). The van der Waals surface area contributed by atoms with Gasteiger partial charge in [0.25, 0.3) is 0 Å². The molecule has 1 aliphatic heterocycles. The molecule has 0 fully saturated rings. The first-order valence-corrected chi connectivity index (χ1v) is 9.34. The lowest BCUT2D eigenvalue weighted by Crippen LogP contribution is -2.13. The van der Waals surface area contributed by atoms with Crippen LogP contribution in [-0.2, 0) is 6.42 Å². The van der Waals surface area contributed by atoms with Gasteiger partial charge in [-0.15, -0.1) is 0 Å². The topological polar surface area (TPSA) is 3.24 Å². The molecule has 0 bridgehead atoms. The Morgan fingerprint density at radius 2 is 1.59 bits per heavy atom. The summed E-state index contributed by atoms with van der Waals surface area (Å²) >= 11 is 0. The van der Waals surface area contributed by atoms with E-state index >= 15 is 0 Å². The normalized spacial score (nSPS) is 17.9. The van der Waals surface area contributed by atoms with E-state index in [0.717, 1.165) is 12.0 Å². The maximum atomic E-state index is 4.42. The fourth-order valence-corrected chi connectivity index (χ4v) is 4.25. The third-order valence-electron chi connectivity index (χ3n) is 5.57. The van der Waals surface area contributed by atoms with Gasteiger partial charge in [-0.3, -0.25) is 0 Å². The van der Waals surface area contributed by atoms with Crippen molar-refractivity contribution < 1.29 is 0 Å².